The minimum absolute atomic E-state index is 0.0207. The summed E-state index contributed by atoms with van der Waals surface area (Å²) in [6.45, 7) is -1.36. The molecule has 0 atom stereocenters. The minimum Gasteiger partial charge on any atom is -0.493 e. The number of nitrogens with zero attached hydrogens (tertiary/aromatic N) is 1. The van der Waals surface area contributed by atoms with E-state index in [9.17, 15) is 22.0 Å². The van der Waals surface area contributed by atoms with E-state index in [1.54, 1.807) is 12.1 Å². The van der Waals surface area contributed by atoms with E-state index in [0.717, 1.165) is 0 Å². The van der Waals surface area contributed by atoms with Gasteiger partial charge in [0.1, 0.15) is 0 Å². The molecule has 0 N–H and O–H groups in total. The normalized spacial score (nSPS) is 11.4. The van der Waals surface area contributed by atoms with Crippen LogP contribution in [0.2, 0.25) is 0 Å². The maximum Gasteiger partial charge on any atom is 0.387 e. The molecule has 0 bridgehead atoms. The average Bonchev–Trinajstić information content (AvgIpc) is 2.68. The van der Waals surface area contributed by atoms with Crippen LogP contribution in [0.4, 0.5) is 8.78 Å². The van der Waals surface area contributed by atoms with Crippen molar-refractivity contribution in [2.24, 2.45) is 0 Å². The molecule has 0 aliphatic carbocycles. The lowest BCUT2D eigenvalue weighted by molar-refractivity contribution is -0.0512. The Morgan fingerprint density at radius 1 is 1.14 bits per heavy atom. The zero-order valence-electron chi connectivity index (χ0n) is 15.7. The lowest BCUT2D eigenvalue weighted by Gasteiger charge is -2.20. The van der Waals surface area contributed by atoms with Gasteiger partial charge < -0.3 is 14.4 Å². The number of carbonyl (C=O) groups is 1. The number of hydrogen-bond acceptors (Lipinski definition) is 5. The molecule has 1 amide bonds. The van der Waals surface area contributed by atoms with E-state index < -0.39 is 22.4 Å². The van der Waals surface area contributed by atoms with Crippen molar-refractivity contribution in [3.63, 3.8) is 0 Å². The lowest BCUT2D eigenvalue weighted by Crippen LogP contribution is -2.28. The maximum absolute atomic E-state index is 12.8. The SMILES string of the molecule is CCS(=O)(=O)c1ccccc1C(=O)N(C)Cc1ccc(OC(F)F)c(OC)c1. The fourth-order valence-corrected chi connectivity index (χ4v) is 3.71. The molecular weight excluding hydrogens is 392 g/mol. The molecule has 0 heterocycles. The van der Waals surface area contributed by atoms with Crippen LogP contribution < -0.4 is 9.47 Å². The highest BCUT2D eigenvalue weighted by atomic mass is 32.2. The summed E-state index contributed by atoms with van der Waals surface area (Å²) < 4.78 is 58.8. The van der Waals surface area contributed by atoms with Gasteiger partial charge >= 0.3 is 6.61 Å². The van der Waals surface area contributed by atoms with Gasteiger partial charge in [-0.15, -0.1) is 0 Å². The van der Waals surface area contributed by atoms with Crippen molar-refractivity contribution in [2.75, 3.05) is 19.9 Å². The molecule has 2 aromatic carbocycles. The van der Waals surface area contributed by atoms with E-state index in [-0.39, 0.29) is 34.3 Å². The van der Waals surface area contributed by atoms with Gasteiger partial charge in [-0.3, -0.25) is 4.79 Å². The highest BCUT2D eigenvalue weighted by Crippen LogP contribution is 2.30. The zero-order valence-corrected chi connectivity index (χ0v) is 16.5. The summed E-state index contributed by atoms with van der Waals surface area (Å²) in [7, 11) is -0.724. The van der Waals surface area contributed by atoms with Crippen LogP contribution in [-0.2, 0) is 16.4 Å². The molecule has 6 nitrogen and oxygen atoms in total. The topological polar surface area (TPSA) is 72.9 Å². The first-order chi connectivity index (χ1) is 13.2. The number of hydrogen-bond donors (Lipinski definition) is 0. The van der Waals surface area contributed by atoms with Crippen molar-refractivity contribution in [3.05, 3.63) is 53.6 Å². The highest BCUT2D eigenvalue weighted by molar-refractivity contribution is 7.91. The van der Waals surface area contributed by atoms with Crippen molar-refractivity contribution in [1.82, 2.24) is 4.90 Å². The zero-order chi connectivity index (χ0) is 20.9. The number of halogens is 2. The first-order valence-electron chi connectivity index (χ1n) is 8.38. The van der Waals surface area contributed by atoms with Crippen molar-refractivity contribution in [2.45, 2.75) is 25.0 Å². The van der Waals surface area contributed by atoms with Crippen LogP contribution in [-0.4, -0.2) is 45.7 Å². The average molecular weight is 413 g/mol. The smallest absolute Gasteiger partial charge is 0.387 e. The largest absolute Gasteiger partial charge is 0.493 e. The molecular formula is C19H21F2NO5S. The molecule has 0 saturated heterocycles. The monoisotopic (exact) mass is 413 g/mol. The van der Waals surface area contributed by atoms with Crippen molar-refractivity contribution < 1.29 is 31.5 Å². The standard InChI is InChI=1S/C19H21F2NO5S/c1-4-28(24,25)17-8-6-5-7-14(17)18(23)22(2)12-13-9-10-15(27-19(20)21)16(11-13)26-3/h5-11,19H,4,12H2,1-3H3. The van der Waals surface area contributed by atoms with Crippen LogP contribution >= 0.6 is 0 Å². The second-order valence-electron chi connectivity index (χ2n) is 5.92. The highest BCUT2D eigenvalue weighted by Gasteiger charge is 2.23. The third-order valence-electron chi connectivity index (χ3n) is 4.04. The summed E-state index contributed by atoms with van der Waals surface area (Å²) in [4.78, 5) is 14.1. The molecule has 2 aromatic rings. The third-order valence-corrected chi connectivity index (χ3v) is 5.83. The molecule has 0 aromatic heterocycles. The second-order valence-corrected chi connectivity index (χ2v) is 8.17. The van der Waals surface area contributed by atoms with Crippen LogP contribution in [0.3, 0.4) is 0 Å². The van der Waals surface area contributed by atoms with Gasteiger partial charge in [-0.2, -0.15) is 8.78 Å². The van der Waals surface area contributed by atoms with Gasteiger partial charge in [-0.05, 0) is 29.8 Å². The van der Waals surface area contributed by atoms with Crippen LogP contribution in [0.5, 0.6) is 11.5 Å². The Bertz CT molecular complexity index is 947. The van der Waals surface area contributed by atoms with Crippen LogP contribution in [0.25, 0.3) is 0 Å². The molecule has 0 aliphatic heterocycles. The predicted octanol–water partition coefficient (Wildman–Crippen LogP) is 3.36. The van der Waals surface area contributed by atoms with Gasteiger partial charge in [0, 0.05) is 13.6 Å². The summed E-state index contributed by atoms with van der Waals surface area (Å²) in [5.74, 6) is -0.606. The number of benzene rings is 2. The Kier molecular flexibility index (Phi) is 6.95. The quantitative estimate of drug-likeness (QED) is 0.664. The molecule has 0 aliphatic rings. The molecule has 152 valence electrons. The van der Waals surface area contributed by atoms with Gasteiger partial charge in [-0.25, -0.2) is 8.42 Å². The fraction of sp³-hybridized carbons (Fsp3) is 0.316. The van der Waals surface area contributed by atoms with Crippen molar-refractivity contribution in [3.8, 4) is 11.5 Å². The molecule has 2 rings (SSSR count). The summed E-state index contributed by atoms with van der Waals surface area (Å²) in [6.07, 6.45) is 0. The second kappa shape index (κ2) is 9.01. The van der Waals surface area contributed by atoms with E-state index in [1.165, 1.54) is 56.3 Å². The third kappa shape index (κ3) is 4.98. The molecule has 0 spiro atoms. The van der Waals surface area contributed by atoms with E-state index in [4.69, 9.17) is 4.74 Å². The van der Waals surface area contributed by atoms with Gasteiger partial charge in [0.25, 0.3) is 5.91 Å². The Balaban J connectivity index is 2.27. The molecule has 28 heavy (non-hydrogen) atoms. The molecule has 0 radical (unpaired) electrons. The summed E-state index contributed by atoms with van der Waals surface area (Å²) in [5.41, 5.74) is 0.682. The fourth-order valence-electron chi connectivity index (χ4n) is 2.63. The van der Waals surface area contributed by atoms with Gasteiger partial charge in [0.2, 0.25) is 0 Å². The van der Waals surface area contributed by atoms with E-state index in [2.05, 4.69) is 4.74 Å². The Labute approximate surface area is 162 Å². The maximum atomic E-state index is 12.8. The number of sulfone groups is 1. The number of carbonyl (C=O) groups excluding carboxylic acids is 1. The summed E-state index contributed by atoms with van der Waals surface area (Å²) in [5, 5.41) is 0. The van der Waals surface area contributed by atoms with Gasteiger partial charge in [0.05, 0.1) is 23.3 Å². The lowest BCUT2D eigenvalue weighted by atomic mass is 10.1. The summed E-state index contributed by atoms with van der Waals surface area (Å²) in [6, 6.07) is 10.4. The molecule has 0 saturated carbocycles. The van der Waals surface area contributed by atoms with Crippen LogP contribution in [0, 0.1) is 0 Å². The van der Waals surface area contributed by atoms with Crippen LogP contribution in [0.15, 0.2) is 47.4 Å². The van der Waals surface area contributed by atoms with E-state index >= 15 is 0 Å². The number of amides is 1. The number of alkyl halides is 2. The predicted molar refractivity (Wildman–Crippen MR) is 99.6 cm³/mol. The number of ether oxygens (including phenoxy) is 2. The van der Waals surface area contributed by atoms with Crippen molar-refractivity contribution in [1.29, 1.82) is 0 Å². The Hall–Kier alpha value is -2.68. The van der Waals surface area contributed by atoms with Gasteiger partial charge in [0.15, 0.2) is 21.3 Å². The Morgan fingerprint density at radius 3 is 2.43 bits per heavy atom. The van der Waals surface area contributed by atoms with Crippen LogP contribution in [0.1, 0.15) is 22.8 Å². The first kappa shape index (κ1) is 21.6. The molecule has 9 heteroatoms. The van der Waals surface area contributed by atoms with E-state index in [0.29, 0.717) is 5.56 Å². The van der Waals surface area contributed by atoms with E-state index in [1.807, 2.05) is 0 Å². The molecule has 0 fully saturated rings. The number of methoxy groups -OCH3 is 1. The van der Waals surface area contributed by atoms with Gasteiger partial charge in [-0.1, -0.05) is 25.1 Å². The van der Waals surface area contributed by atoms with Crippen molar-refractivity contribution >= 4 is 15.7 Å². The first-order valence-corrected chi connectivity index (χ1v) is 10.0. The Morgan fingerprint density at radius 2 is 1.82 bits per heavy atom. The number of rotatable bonds is 8. The molecule has 0 unspecified atom stereocenters. The minimum atomic E-state index is -3.56. The summed E-state index contributed by atoms with van der Waals surface area (Å²) >= 11 is 0.